The topological polar surface area (TPSA) is 26.0 Å². The molecule has 0 aliphatic heterocycles. The second kappa shape index (κ2) is 5.95. The van der Waals surface area contributed by atoms with Crippen molar-refractivity contribution in [3.8, 4) is 0 Å². The lowest BCUT2D eigenvalue weighted by Gasteiger charge is -2.14. The molecule has 0 saturated heterocycles. The molecule has 0 aliphatic carbocycles. The summed E-state index contributed by atoms with van der Waals surface area (Å²) < 4.78 is 104. The number of anilines is 1. The fourth-order valence-corrected chi connectivity index (χ4v) is 2.08. The Morgan fingerprint density at radius 2 is 1.21 bits per heavy atom. The van der Waals surface area contributed by atoms with Gasteiger partial charge in [0, 0.05) is 12.5 Å². The number of nitrogens with two attached hydrogens (primary N) is 1. The highest BCUT2D eigenvalue weighted by Crippen LogP contribution is 2.37. The van der Waals surface area contributed by atoms with E-state index in [0.717, 1.165) is 0 Å². The van der Waals surface area contributed by atoms with E-state index in [1.54, 1.807) is 0 Å². The van der Waals surface area contributed by atoms with E-state index in [0.29, 0.717) is 24.3 Å². The normalized spacial score (nSPS) is 12.5. The molecule has 1 nitrogen and oxygen atoms in total. The van der Waals surface area contributed by atoms with Crippen molar-refractivity contribution in [1.29, 1.82) is 0 Å². The third-order valence-electron chi connectivity index (χ3n) is 3.21. The first-order valence-electron chi connectivity index (χ1n) is 6.39. The molecule has 0 amide bonds. The van der Waals surface area contributed by atoms with Crippen LogP contribution >= 0.6 is 0 Å². The summed E-state index contributed by atoms with van der Waals surface area (Å²) in [6.07, 6.45) is -10.7. The van der Waals surface area contributed by atoms with Crippen LogP contribution in [0.4, 0.5) is 40.8 Å². The summed E-state index contributed by atoms with van der Waals surface area (Å²) in [5.41, 5.74) is 0.700. The number of halogens is 8. The summed E-state index contributed by atoms with van der Waals surface area (Å²) in [6, 6.07) is 2.14. The number of nitrogen functional groups attached to an aromatic ring is 1. The molecule has 0 aromatic heterocycles. The van der Waals surface area contributed by atoms with Gasteiger partial charge in [-0.25, -0.2) is 8.78 Å². The Labute approximate surface area is 130 Å². The summed E-state index contributed by atoms with van der Waals surface area (Å²) in [6.45, 7) is 0. The van der Waals surface area contributed by atoms with Gasteiger partial charge in [-0.15, -0.1) is 0 Å². The van der Waals surface area contributed by atoms with E-state index in [1.165, 1.54) is 0 Å². The first kappa shape index (κ1) is 18.0. The molecule has 0 bridgehead atoms. The van der Waals surface area contributed by atoms with Crippen LogP contribution in [0.15, 0.2) is 30.3 Å². The molecule has 2 rings (SSSR count). The van der Waals surface area contributed by atoms with Gasteiger partial charge in [0.1, 0.15) is 11.6 Å². The third kappa shape index (κ3) is 3.95. The third-order valence-corrected chi connectivity index (χ3v) is 3.21. The highest BCUT2D eigenvalue weighted by atomic mass is 19.4. The predicted octanol–water partition coefficient (Wildman–Crippen LogP) is 5.18. The Hall–Kier alpha value is -2.32. The largest absolute Gasteiger partial charge is 0.416 e. The Kier molecular flexibility index (Phi) is 4.47. The van der Waals surface area contributed by atoms with Crippen molar-refractivity contribution >= 4 is 5.69 Å². The number of benzene rings is 2. The van der Waals surface area contributed by atoms with Crippen molar-refractivity contribution < 1.29 is 35.1 Å². The number of hydrogen-bond donors (Lipinski definition) is 1. The maximum Gasteiger partial charge on any atom is 0.416 e. The average molecular weight is 355 g/mol. The van der Waals surface area contributed by atoms with Crippen LogP contribution in [0.3, 0.4) is 0 Å². The van der Waals surface area contributed by atoms with Crippen molar-refractivity contribution in [2.75, 3.05) is 5.73 Å². The SMILES string of the molecule is Nc1cc(F)c(Cc2cc(C(F)(F)F)cc(C(F)(F)F)c2)cc1F. The summed E-state index contributed by atoms with van der Waals surface area (Å²) >= 11 is 0. The minimum Gasteiger partial charge on any atom is -0.396 e. The van der Waals surface area contributed by atoms with Crippen LogP contribution in [0.2, 0.25) is 0 Å². The van der Waals surface area contributed by atoms with Crippen molar-refractivity contribution in [2.45, 2.75) is 18.8 Å². The second-order valence-corrected chi connectivity index (χ2v) is 5.06. The molecule has 2 aromatic rings. The zero-order valence-electron chi connectivity index (χ0n) is 11.7. The van der Waals surface area contributed by atoms with Crippen molar-refractivity contribution in [2.24, 2.45) is 0 Å². The Morgan fingerprint density at radius 1 is 0.708 bits per heavy atom. The van der Waals surface area contributed by atoms with Crippen LogP contribution in [-0.2, 0) is 18.8 Å². The Bertz CT molecular complexity index is 729. The van der Waals surface area contributed by atoms with Gasteiger partial charge >= 0.3 is 12.4 Å². The van der Waals surface area contributed by atoms with Gasteiger partial charge in [0.15, 0.2) is 0 Å². The van der Waals surface area contributed by atoms with E-state index in [9.17, 15) is 35.1 Å². The molecule has 9 heteroatoms. The molecule has 2 N–H and O–H groups in total. The van der Waals surface area contributed by atoms with Gasteiger partial charge < -0.3 is 5.73 Å². The number of rotatable bonds is 2. The Morgan fingerprint density at radius 3 is 1.67 bits per heavy atom. The van der Waals surface area contributed by atoms with Gasteiger partial charge in [0.2, 0.25) is 0 Å². The molecule has 0 unspecified atom stereocenters. The zero-order chi connectivity index (χ0) is 18.3. The molecule has 0 fully saturated rings. The number of alkyl halides is 6. The molecule has 2 aromatic carbocycles. The summed E-state index contributed by atoms with van der Waals surface area (Å²) in [7, 11) is 0. The first-order valence-corrected chi connectivity index (χ1v) is 6.39. The molecule has 130 valence electrons. The predicted molar refractivity (Wildman–Crippen MR) is 70.0 cm³/mol. The zero-order valence-corrected chi connectivity index (χ0v) is 11.7. The second-order valence-electron chi connectivity index (χ2n) is 5.06. The summed E-state index contributed by atoms with van der Waals surface area (Å²) in [4.78, 5) is 0. The quantitative estimate of drug-likeness (QED) is 0.583. The van der Waals surface area contributed by atoms with E-state index in [-0.39, 0.29) is 6.07 Å². The van der Waals surface area contributed by atoms with Crippen LogP contribution in [0.25, 0.3) is 0 Å². The maximum absolute atomic E-state index is 13.7. The highest BCUT2D eigenvalue weighted by molar-refractivity contribution is 5.44. The van der Waals surface area contributed by atoms with E-state index >= 15 is 0 Å². The van der Waals surface area contributed by atoms with Crippen LogP contribution in [0.5, 0.6) is 0 Å². The first-order chi connectivity index (χ1) is 10.9. The van der Waals surface area contributed by atoms with Gasteiger partial charge in [0.05, 0.1) is 16.8 Å². The van der Waals surface area contributed by atoms with E-state index in [4.69, 9.17) is 5.73 Å². The van der Waals surface area contributed by atoms with Crippen molar-refractivity contribution in [3.63, 3.8) is 0 Å². The molecule has 0 spiro atoms. The molecule has 0 heterocycles. The van der Waals surface area contributed by atoms with E-state index < -0.39 is 58.3 Å². The summed E-state index contributed by atoms with van der Waals surface area (Å²) in [5, 5.41) is 0. The molecular weight excluding hydrogens is 346 g/mol. The maximum atomic E-state index is 13.7. The standard InChI is InChI=1S/C15H9F8N/c16-11-6-13(24)12(17)4-8(11)1-7-2-9(14(18,19)20)5-10(3-7)15(21,22)23/h2-6H,1,24H2. The minimum absolute atomic E-state index is 0.0383. The van der Waals surface area contributed by atoms with Gasteiger partial charge in [-0.3, -0.25) is 0 Å². The van der Waals surface area contributed by atoms with Gasteiger partial charge in [-0.1, -0.05) is 0 Å². The fraction of sp³-hybridized carbons (Fsp3) is 0.200. The van der Waals surface area contributed by atoms with E-state index in [2.05, 4.69) is 0 Å². The minimum atomic E-state index is -5.01. The highest BCUT2D eigenvalue weighted by Gasteiger charge is 2.36. The lowest BCUT2D eigenvalue weighted by atomic mass is 9.98. The molecule has 0 aliphatic rings. The van der Waals surface area contributed by atoms with Crippen molar-refractivity contribution in [1.82, 2.24) is 0 Å². The lowest BCUT2D eigenvalue weighted by molar-refractivity contribution is -0.143. The average Bonchev–Trinajstić information content (AvgIpc) is 2.42. The lowest BCUT2D eigenvalue weighted by Crippen LogP contribution is -2.12. The fourth-order valence-electron chi connectivity index (χ4n) is 2.08. The van der Waals surface area contributed by atoms with Crippen LogP contribution in [-0.4, -0.2) is 0 Å². The smallest absolute Gasteiger partial charge is 0.396 e. The van der Waals surface area contributed by atoms with Gasteiger partial charge in [0.25, 0.3) is 0 Å². The number of hydrogen-bond acceptors (Lipinski definition) is 1. The van der Waals surface area contributed by atoms with Crippen LogP contribution < -0.4 is 5.73 Å². The monoisotopic (exact) mass is 355 g/mol. The molecule has 24 heavy (non-hydrogen) atoms. The molecule has 0 atom stereocenters. The van der Waals surface area contributed by atoms with E-state index in [1.807, 2.05) is 0 Å². The Balaban J connectivity index is 2.52. The van der Waals surface area contributed by atoms with Gasteiger partial charge in [-0.2, -0.15) is 26.3 Å². The molecular formula is C15H9F8N. The van der Waals surface area contributed by atoms with Crippen LogP contribution in [0, 0.1) is 11.6 Å². The summed E-state index contributed by atoms with van der Waals surface area (Å²) in [5.74, 6) is -2.05. The molecule has 0 radical (unpaired) electrons. The van der Waals surface area contributed by atoms with Crippen LogP contribution in [0.1, 0.15) is 22.3 Å². The molecule has 0 saturated carbocycles. The van der Waals surface area contributed by atoms with Gasteiger partial charge in [-0.05, 0) is 35.4 Å². The van der Waals surface area contributed by atoms with Crippen molar-refractivity contribution in [3.05, 3.63) is 64.2 Å².